The molecule has 1 heterocycles. The highest BCUT2D eigenvalue weighted by Gasteiger charge is 2.03. The van der Waals surface area contributed by atoms with E-state index < -0.39 is 0 Å². The molecule has 1 rings (SSSR count). The standard InChI is InChI=1S/C8H12ClN3O/c1-13-6-7(9)5-12-8-10-3-2-4-11-8/h2-4,7H,5-6H2,1H3,(H,10,11,12). The van der Waals surface area contributed by atoms with Crippen molar-refractivity contribution in [2.24, 2.45) is 0 Å². The number of ether oxygens (including phenoxy) is 1. The molecule has 0 aliphatic heterocycles. The predicted octanol–water partition coefficient (Wildman–Crippen LogP) is 1.14. The second kappa shape index (κ2) is 5.72. The first-order valence-corrected chi connectivity index (χ1v) is 4.40. The molecule has 0 bridgehead atoms. The molecule has 1 unspecified atom stereocenters. The molecule has 0 fully saturated rings. The van der Waals surface area contributed by atoms with E-state index in [1.807, 2.05) is 0 Å². The number of rotatable bonds is 5. The minimum atomic E-state index is -0.0613. The molecule has 0 spiro atoms. The van der Waals surface area contributed by atoms with Crippen molar-refractivity contribution >= 4 is 17.5 Å². The van der Waals surface area contributed by atoms with Crippen LogP contribution < -0.4 is 5.32 Å². The molecule has 1 aromatic rings. The highest BCUT2D eigenvalue weighted by Crippen LogP contribution is 1.99. The van der Waals surface area contributed by atoms with Gasteiger partial charge < -0.3 is 10.1 Å². The Morgan fingerprint density at radius 1 is 1.54 bits per heavy atom. The molecule has 13 heavy (non-hydrogen) atoms. The van der Waals surface area contributed by atoms with Gasteiger partial charge in [0.15, 0.2) is 0 Å². The summed E-state index contributed by atoms with van der Waals surface area (Å²) in [5, 5.41) is 2.93. The quantitative estimate of drug-likeness (QED) is 0.726. The second-order valence-corrected chi connectivity index (χ2v) is 3.12. The first-order chi connectivity index (χ1) is 6.33. The SMILES string of the molecule is COCC(Cl)CNc1ncccn1. The van der Waals surface area contributed by atoms with Crippen molar-refractivity contribution in [1.29, 1.82) is 0 Å². The third-order valence-electron chi connectivity index (χ3n) is 1.39. The van der Waals surface area contributed by atoms with Gasteiger partial charge in [-0.1, -0.05) is 0 Å². The van der Waals surface area contributed by atoms with Gasteiger partial charge in [0, 0.05) is 26.0 Å². The maximum absolute atomic E-state index is 5.89. The molecule has 0 aliphatic rings. The number of anilines is 1. The molecule has 0 radical (unpaired) electrons. The molecule has 0 amide bonds. The Hall–Kier alpha value is -0.870. The molecule has 5 heteroatoms. The molecule has 1 atom stereocenters. The van der Waals surface area contributed by atoms with Crippen molar-refractivity contribution in [3.63, 3.8) is 0 Å². The van der Waals surface area contributed by atoms with Crippen molar-refractivity contribution in [1.82, 2.24) is 9.97 Å². The summed E-state index contributed by atoms with van der Waals surface area (Å²) >= 11 is 5.89. The molecule has 0 aromatic carbocycles. The van der Waals surface area contributed by atoms with E-state index >= 15 is 0 Å². The van der Waals surface area contributed by atoms with Crippen LogP contribution in [0.2, 0.25) is 0 Å². The number of nitrogens with one attached hydrogen (secondary N) is 1. The van der Waals surface area contributed by atoms with Gasteiger partial charge in [0.2, 0.25) is 5.95 Å². The summed E-state index contributed by atoms with van der Waals surface area (Å²) < 4.78 is 4.88. The van der Waals surface area contributed by atoms with Crippen LogP contribution in [-0.4, -0.2) is 35.6 Å². The Bertz CT molecular complexity index is 232. The first kappa shape index (κ1) is 10.2. The summed E-state index contributed by atoms with van der Waals surface area (Å²) in [6, 6.07) is 1.76. The highest BCUT2D eigenvalue weighted by atomic mass is 35.5. The van der Waals surface area contributed by atoms with Crippen LogP contribution >= 0.6 is 11.6 Å². The largest absolute Gasteiger partial charge is 0.383 e. The van der Waals surface area contributed by atoms with Gasteiger partial charge in [-0.25, -0.2) is 9.97 Å². The molecule has 72 valence electrons. The number of nitrogens with zero attached hydrogens (tertiary/aromatic N) is 2. The molecule has 0 saturated carbocycles. The van der Waals surface area contributed by atoms with Crippen molar-refractivity contribution in [3.05, 3.63) is 18.5 Å². The van der Waals surface area contributed by atoms with Crippen LogP contribution in [0.5, 0.6) is 0 Å². The lowest BCUT2D eigenvalue weighted by Gasteiger charge is -2.08. The topological polar surface area (TPSA) is 47.0 Å². The van der Waals surface area contributed by atoms with Crippen molar-refractivity contribution in [2.75, 3.05) is 25.6 Å². The average molecular weight is 202 g/mol. The fourth-order valence-electron chi connectivity index (χ4n) is 0.832. The summed E-state index contributed by atoms with van der Waals surface area (Å²) in [6.07, 6.45) is 3.35. The molecule has 1 aromatic heterocycles. The smallest absolute Gasteiger partial charge is 0.222 e. The van der Waals surface area contributed by atoms with Gasteiger partial charge in [-0.3, -0.25) is 0 Å². The lowest BCUT2D eigenvalue weighted by Crippen LogP contribution is -2.19. The van der Waals surface area contributed by atoms with Gasteiger partial charge >= 0.3 is 0 Å². The fraction of sp³-hybridized carbons (Fsp3) is 0.500. The van der Waals surface area contributed by atoms with Gasteiger partial charge in [-0.05, 0) is 6.07 Å². The zero-order valence-corrected chi connectivity index (χ0v) is 8.16. The molecule has 0 saturated heterocycles. The van der Waals surface area contributed by atoms with Crippen molar-refractivity contribution in [2.45, 2.75) is 5.38 Å². The van der Waals surface area contributed by atoms with Gasteiger partial charge in [0.25, 0.3) is 0 Å². The summed E-state index contributed by atoms with van der Waals surface area (Å²) in [7, 11) is 1.62. The third-order valence-corrected chi connectivity index (χ3v) is 1.68. The number of methoxy groups -OCH3 is 1. The Balaban J connectivity index is 2.27. The predicted molar refractivity (Wildman–Crippen MR) is 52.0 cm³/mol. The van der Waals surface area contributed by atoms with Crippen LogP contribution in [0.15, 0.2) is 18.5 Å². The van der Waals surface area contributed by atoms with E-state index in [1.54, 1.807) is 25.6 Å². The maximum atomic E-state index is 5.89. The van der Waals surface area contributed by atoms with Gasteiger partial charge in [-0.2, -0.15) is 0 Å². The summed E-state index contributed by atoms with van der Waals surface area (Å²) in [5.41, 5.74) is 0. The first-order valence-electron chi connectivity index (χ1n) is 3.97. The van der Waals surface area contributed by atoms with Crippen LogP contribution in [0, 0.1) is 0 Å². The molecule has 4 nitrogen and oxygen atoms in total. The number of hydrogen-bond donors (Lipinski definition) is 1. The Kier molecular flexibility index (Phi) is 4.49. The van der Waals surface area contributed by atoms with Crippen LogP contribution in [0.1, 0.15) is 0 Å². The van der Waals surface area contributed by atoms with E-state index in [4.69, 9.17) is 16.3 Å². The molecular weight excluding hydrogens is 190 g/mol. The van der Waals surface area contributed by atoms with E-state index in [0.717, 1.165) is 0 Å². The number of halogens is 1. The number of aromatic nitrogens is 2. The zero-order chi connectivity index (χ0) is 9.52. The Labute approximate surface area is 82.3 Å². The monoisotopic (exact) mass is 201 g/mol. The highest BCUT2D eigenvalue weighted by molar-refractivity contribution is 6.21. The van der Waals surface area contributed by atoms with E-state index in [9.17, 15) is 0 Å². The van der Waals surface area contributed by atoms with Crippen LogP contribution in [-0.2, 0) is 4.74 Å². The summed E-state index contributed by atoms with van der Waals surface area (Å²) in [5.74, 6) is 0.587. The Morgan fingerprint density at radius 3 is 2.85 bits per heavy atom. The summed E-state index contributed by atoms with van der Waals surface area (Å²) in [4.78, 5) is 7.98. The number of hydrogen-bond acceptors (Lipinski definition) is 4. The van der Waals surface area contributed by atoms with E-state index in [0.29, 0.717) is 19.1 Å². The fourth-order valence-corrected chi connectivity index (χ4v) is 1.04. The van der Waals surface area contributed by atoms with Crippen LogP contribution in [0.4, 0.5) is 5.95 Å². The van der Waals surface area contributed by atoms with E-state index in [2.05, 4.69) is 15.3 Å². The average Bonchev–Trinajstić information content (AvgIpc) is 2.17. The van der Waals surface area contributed by atoms with E-state index in [1.165, 1.54) is 0 Å². The lowest BCUT2D eigenvalue weighted by molar-refractivity contribution is 0.200. The summed E-state index contributed by atoms with van der Waals surface area (Å²) in [6.45, 7) is 1.11. The minimum Gasteiger partial charge on any atom is -0.383 e. The Morgan fingerprint density at radius 2 is 2.23 bits per heavy atom. The zero-order valence-electron chi connectivity index (χ0n) is 7.40. The maximum Gasteiger partial charge on any atom is 0.222 e. The second-order valence-electron chi connectivity index (χ2n) is 2.51. The number of alkyl halides is 1. The third kappa shape index (κ3) is 4.05. The van der Waals surface area contributed by atoms with Gasteiger partial charge in [0.05, 0.1) is 12.0 Å². The van der Waals surface area contributed by atoms with Crippen molar-refractivity contribution in [3.8, 4) is 0 Å². The lowest BCUT2D eigenvalue weighted by atomic mass is 10.4. The minimum absolute atomic E-state index is 0.0613. The normalized spacial score (nSPS) is 12.5. The van der Waals surface area contributed by atoms with Gasteiger partial charge in [0.1, 0.15) is 0 Å². The van der Waals surface area contributed by atoms with Crippen LogP contribution in [0.25, 0.3) is 0 Å². The molecule has 0 aliphatic carbocycles. The van der Waals surface area contributed by atoms with Crippen LogP contribution in [0.3, 0.4) is 0 Å². The van der Waals surface area contributed by atoms with Gasteiger partial charge in [-0.15, -0.1) is 11.6 Å². The van der Waals surface area contributed by atoms with E-state index in [-0.39, 0.29) is 5.38 Å². The molecular formula is C8H12ClN3O. The molecule has 1 N–H and O–H groups in total. The van der Waals surface area contributed by atoms with Crippen molar-refractivity contribution < 1.29 is 4.74 Å².